The summed E-state index contributed by atoms with van der Waals surface area (Å²) in [6.07, 6.45) is -0.113. The van der Waals surface area contributed by atoms with E-state index in [2.05, 4.69) is 24.8 Å². The van der Waals surface area contributed by atoms with Crippen molar-refractivity contribution in [3.05, 3.63) is 24.3 Å². The Labute approximate surface area is 126 Å². The highest BCUT2D eigenvalue weighted by Crippen LogP contribution is 2.13. The lowest BCUT2D eigenvalue weighted by molar-refractivity contribution is 0.0650. The first kappa shape index (κ1) is 17.3. The van der Waals surface area contributed by atoms with E-state index in [1.807, 2.05) is 0 Å². The summed E-state index contributed by atoms with van der Waals surface area (Å²) in [6, 6.07) is 9.23. The van der Waals surface area contributed by atoms with Gasteiger partial charge >= 0.3 is 0 Å². The fourth-order valence-corrected chi connectivity index (χ4v) is 2.09. The van der Waals surface area contributed by atoms with Gasteiger partial charge in [-0.2, -0.15) is 5.26 Å². The van der Waals surface area contributed by atoms with Crippen LogP contribution in [-0.4, -0.2) is 42.4 Å². The zero-order chi connectivity index (χ0) is 15.7. The zero-order valence-electron chi connectivity index (χ0n) is 12.8. The van der Waals surface area contributed by atoms with Gasteiger partial charge in [0.15, 0.2) is 0 Å². The molecule has 3 N–H and O–H groups in total. The quantitative estimate of drug-likeness (QED) is 0.679. The molecule has 21 heavy (non-hydrogen) atoms. The highest BCUT2D eigenvalue weighted by molar-refractivity contribution is 5.41. The van der Waals surface area contributed by atoms with E-state index in [1.165, 1.54) is 0 Å². The second kappa shape index (κ2) is 9.22. The smallest absolute Gasteiger partial charge is 0.119 e. The van der Waals surface area contributed by atoms with Crippen molar-refractivity contribution in [2.24, 2.45) is 5.92 Å². The number of nitrogens with zero attached hydrogens (tertiary/aromatic N) is 2. The Morgan fingerprint density at radius 1 is 1.29 bits per heavy atom. The third-order valence-corrected chi connectivity index (χ3v) is 2.95. The summed E-state index contributed by atoms with van der Waals surface area (Å²) < 4.78 is 5.54. The summed E-state index contributed by atoms with van der Waals surface area (Å²) in [5.41, 5.74) is 6.29. The maximum Gasteiger partial charge on any atom is 0.119 e. The van der Waals surface area contributed by atoms with Crippen LogP contribution < -0.4 is 10.5 Å². The first-order valence-electron chi connectivity index (χ1n) is 7.27. The van der Waals surface area contributed by atoms with Crippen LogP contribution in [0, 0.1) is 17.2 Å². The standard InChI is InChI=1S/C16H25N3O2/c1-13(2)10-19(9-3-8-17)11-15(20)12-21-16-6-4-14(18)5-7-16/h4-7,13,15,20H,3,9-12,18H2,1-2H3. The number of nitrogens with two attached hydrogens (primary N) is 1. The number of anilines is 1. The van der Waals surface area contributed by atoms with E-state index >= 15 is 0 Å². The molecule has 0 saturated heterocycles. The molecule has 116 valence electrons. The third-order valence-electron chi connectivity index (χ3n) is 2.95. The number of aliphatic hydroxyl groups is 1. The van der Waals surface area contributed by atoms with Gasteiger partial charge in [0.2, 0.25) is 0 Å². The molecule has 1 unspecified atom stereocenters. The zero-order valence-corrected chi connectivity index (χ0v) is 12.8. The van der Waals surface area contributed by atoms with Crippen LogP contribution >= 0.6 is 0 Å². The number of ether oxygens (including phenoxy) is 1. The Morgan fingerprint density at radius 2 is 1.95 bits per heavy atom. The van der Waals surface area contributed by atoms with E-state index in [9.17, 15) is 5.11 Å². The molecule has 0 aliphatic rings. The monoisotopic (exact) mass is 291 g/mol. The summed E-state index contributed by atoms with van der Waals surface area (Å²) in [4.78, 5) is 2.10. The van der Waals surface area contributed by atoms with Crippen LogP contribution in [0.25, 0.3) is 0 Å². The van der Waals surface area contributed by atoms with E-state index in [1.54, 1.807) is 24.3 Å². The Kier molecular flexibility index (Phi) is 7.59. The number of benzene rings is 1. The molecule has 1 aromatic carbocycles. The summed E-state index contributed by atoms with van der Waals surface area (Å²) in [5, 5.41) is 18.8. The van der Waals surface area contributed by atoms with E-state index in [-0.39, 0.29) is 6.61 Å². The Balaban J connectivity index is 2.39. The van der Waals surface area contributed by atoms with Crippen molar-refractivity contribution in [1.82, 2.24) is 4.90 Å². The molecule has 1 aromatic rings. The first-order valence-corrected chi connectivity index (χ1v) is 7.27. The van der Waals surface area contributed by atoms with E-state index in [0.717, 1.165) is 6.54 Å². The van der Waals surface area contributed by atoms with Crippen molar-refractivity contribution in [3.8, 4) is 11.8 Å². The molecule has 1 rings (SSSR count). The van der Waals surface area contributed by atoms with Gasteiger partial charge in [-0.25, -0.2) is 0 Å². The number of nitrogen functional groups attached to an aromatic ring is 1. The van der Waals surface area contributed by atoms with Crippen LogP contribution in [0.2, 0.25) is 0 Å². The van der Waals surface area contributed by atoms with Crippen LogP contribution in [0.5, 0.6) is 5.75 Å². The number of rotatable bonds is 9. The van der Waals surface area contributed by atoms with Gasteiger partial charge in [-0.15, -0.1) is 0 Å². The fourth-order valence-electron chi connectivity index (χ4n) is 2.09. The molecule has 5 nitrogen and oxygen atoms in total. The fraction of sp³-hybridized carbons (Fsp3) is 0.562. The molecule has 0 aromatic heterocycles. The maximum atomic E-state index is 10.1. The van der Waals surface area contributed by atoms with Gasteiger partial charge in [0.1, 0.15) is 18.5 Å². The maximum absolute atomic E-state index is 10.1. The van der Waals surface area contributed by atoms with Crippen LogP contribution in [0.3, 0.4) is 0 Å². The largest absolute Gasteiger partial charge is 0.491 e. The van der Waals surface area contributed by atoms with Crippen molar-refractivity contribution in [1.29, 1.82) is 5.26 Å². The van der Waals surface area contributed by atoms with E-state index in [4.69, 9.17) is 15.7 Å². The topological polar surface area (TPSA) is 82.5 Å². The van der Waals surface area contributed by atoms with Gasteiger partial charge in [-0.1, -0.05) is 13.8 Å². The molecule has 5 heteroatoms. The number of hydrogen-bond donors (Lipinski definition) is 2. The van der Waals surface area contributed by atoms with Gasteiger partial charge in [0.05, 0.1) is 6.07 Å². The lowest BCUT2D eigenvalue weighted by Crippen LogP contribution is -2.38. The average molecular weight is 291 g/mol. The second-order valence-corrected chi connectivity index (χ2v) is 5.60. The highest BCUT2D eigenvalue weighted by Gasteiger charge is 2.13. The lowest BCUT2D eigenvalue weighted by Gasteiger charge is -2.25. The second-order valence-electron chi connectivity index (χ2n) is 5.60. The van der Waals surface area contributed by atoms with Crippen LogP contribution in [0.4, 0.5) is 5.69 Å². The van der Waals surface area contributed by atoms with Crippen LogP contribution in [0.1, 0.15) is 20.3 Å². The molecule has 1 atom stereocenters. The molecule has 0 radical (unpaired) electrons. The molecule has 0 aliphatic carbocycles. The van der Waals surface area contributed by atoms with Crippen molar-refractivity contribution < 1.29 is 9.84 Å². The van der Waals surface area contributed by atoms with E-state index in [0.29, 0.717) is 36.9 Å². The van der Waals surface area contributed by atoms with E-state index < -0.39 is 6.10 Å². The molecule has 0 fully saturated rings. The van der Waals surface area contributed by atoms with Gasteiger partial charge in [-0.3, -0.25) is 4.90 Å². The predicted molar refractivity (Wildman–Crippen MR) is 83.9 cm³/mol. The van der Waals surface area contributed by atoms with Crippen molar-refractivity contribution in [3.63, 3.8) is 0 Å². The average Bonchev–Trinajstić information content (AvgIpc) is 2.43. The minimum atomic E-state index is -0.583. The highest BCUT2D eigenvalue weighted by atomic mass is 16.5. The minimum Gasteiger partial charge on any atom is -0.491 e. The van der Waals surface area contributed by atoms with Gasteiger partial charge in [0.25, 0.3) is 0 Å². The van der Waals surface area contributed by atoms with Gasteiger partial charge in [-0.05, 0) is 30.2 Å². The molecular weight excluding hydrogens is 266 g/mol. The summed E-state index contributed by atoms with van der Waals surface area (Å²) in [7, 11) is 0. The molecule has 0 saturated carbocycles. The predicted octanol–water partition coefficient (Wildman–Crippen LogP) is 1.88. The number of aliphatic hydroxyl groups excluding tert-OH is 1. The van der Waals surface area contributed by atoms with Gasteiger partial charge < -0.3 is 15.6 Å². The summed E-state index contributed by atoms with van der Waals surface area (Å²) in [5.74, 6) is 1.18. The summed E-state index contributed by atoms with van der Waals surface area (Å²) in [6.45, 7) is 6.52. The van der Waals surface area contributed by atoms with Crippen LogP contribution in [-0.2, 0) is 0 Å². The lowest BCUT2D eigenvalue weighted by atomic mass is 10.2. The Bertz CT molecular complexity index is 440. The van der Waals surface area contributed by atoms with Crippen molar-refractivity contribution >= 4 is 5.69 Å². The minimum absolute atomic E-state index is 0.227. The van der Waals surface area contributed by atoms with Crippen molar-refractivity contribution in [2.75, 3.05) is 32.0 Å². The first-order chi connectivity index (χ1) is 10.0. The molecule has 0 aliphatic heterocycles. The molecule has 0 amide bonds. The molecule has 0 heterocycles. The number of nitriles is 1. The third kappa shape index (κ3) is 7.54. The normalized spacial score (nSPS) is 12.4. The Hall–Kier alpha value is -1.77. The Morgan fingerprint density at radius 3 is 2.52 bits per heavy atom. The van der Waals surface area contributed by atoms with Crippen molar-refractivity contribution in [2.45, 2.75) is 26.4 Å². The molecular formula is C16H25N3O2. The SMILES string of the molecule is CC(C)CN(CCC#N)CC(O)COc1ccc(N)cc1. The summed E-state index contributed by atoms with van der Waals surface area (Å²) >= 11 is 0. The van der Waals surface area contributed by atoms with Crippen LogP contribution in [0.15, 0.2) is 24.3 Å². The molecule has 0 spiro atoms. The molecule has 0 bridgehead atoms. The number of hydrogen-bond acceptors (Lipinski definition) is 5. The van der Waals surface area contributed by atoms with Gasteiger partial charge in [0, 0.05) is 31.7 Å².